The van der Waals surface area contributed by atoms with Crippen LogP contribution in [0.4, 0.5) is 10.8 Å². The van der Waals surface area contributed by atoms with Crippen LogP contribution in [0.25, 0.3) is 11.1 Å². The molecular formula is C22H24N4OS. The standard InChI is InChI=1S/C22H24N4OS/c1-17(25-12-14-26(15-13-25)22-23-11-16-28-22)21(27)24-20-10-6-5-9-19(20)18-7-3-2-4-8-18/h2-11,16-17H,12-15H2,1H3,(H,24,27). The predicted molar refractivity (Wildman–Crippen MR) is 116 cm³/mol. The van der Waals surface area contributed by atoms with Crippen molar-refractivity contribution in [1.82, 2.24) is 9.88 Å². The van der Waals surface area contributed by atoms with Crippen molar-refractivity contribution >= 4 is 28.1 Å². The van der Waals surface area contributed by atoms with E-state index in [0.29, 0.717) is 0 Å². The minimum Gasteiger partial charge on any atom is -0.346 e. The molecule has 2 heterocycles. The Kier molecular flexibility index (Phi) is 5.69. The maximum absolute atomic E-state index is 12.9. The first-order valence-corrected chi connectivity index (χ1v) is 10.4. The Hall–Kier alpha value is -2.70. The summed E-state index contributed by atoms with van der Waals surface area (Å²) in [5, 5.41) is 6.21. The summed E-state index contributed by atoms with van der Waals surface area (Å²) in [5.74, 6) is 0.0334. The van der Waals surface area contributed by atoms with E-state index < -0.39 is 0 Å². The fourth-order valence-corrected chi connectivity index (χ4v) is 4.23. The number of thiazole rings is 1. The number of amides is 1. The van der Waals surface area contributed by atoms with Crippen LogP contribution in [-0.4, -0.2) is 48.0 Å². The van der Waals surface area contributed by atoms with Gasteiger partial charge in [-0.25, -0.2) is 4.98 Å². The van der Waals surface area contributed by atoms with Gasteiger partial charge in [0, 0.05) is 49.0 Å². The lowest BCUT2D eigenvalue weighted by molar-refractivity contribution is -0.120. The van der Waals surface area contributed by atoms with Crippen molar-refractivity contribution in [2.24, 2.45) is 0 Å². The van der Waals surface area contributed by atoms with Crippen LogP contribution in [0.15, 0.2) is 66.2 Å². The number of hydrogen-bond acceptors (Lipinski definition) is 5. The van der Waals surface area contributed by atoms with E-state index in [9.17, 15) is 4.79 Å². The number of benzene rings is 2. The summed E-state index contributed by atoms with van der Waals surface area (Å²) in [5.41, 5.74) is 2.99. The predicted octanol–water partition coefficient (Wildman–Crippen LogP) is 3.96. The second-order valence-electron chi connectivity index (χ2n) is 6.91. The maximum Gasteiger partial charge on any atom is 0.241 e. The molecule has 1 fully saturated rings. The largest absolute Gasteiger partial charge is 0.346 e. The molecule has 3 aromatic rings. The fraction of sp³-hybridized carbons (Fsp3) is 0.273. The number of para-hydroxylation sites is 1. The summed E-state index contributed by atoms with van der Waals surface area (Å²) in [6.45, 7) is 5.49. The molecule has 4 rings (SSSR count). The second-order valence-corrected chi connectivity index (χ2v) is 7.79. The normalized spacial score (nSPS) is 16.0. The van der Waals surface area contributed by atoms with Gasteiger partial charge in [0.25, 0.3) is 0 Å². The molecule has 0 spiro atoms. The molecule has 1 aliphatic heterocycles. The molecule has 0 saturated carbocycles. The molecule has 1 amide bonds. The summed E-state index contributed by atoms with van der Waals surface area (Å²) >= 11 is 1.66. The third-order valence-corrected chi connectivity index (χ3v) is 6.03. The van der Waals surface area contributed by atoms with Crippen molar-refractivity contribution in [3.63, 3.8) is 0 Å². The fourth-order valence-electron chi connectivity index (χ4n) is 3.54. The van der Waals surface area contributed by atoms with Crippen molar-refractivity contribution in [3.05, 3.63) is 66.2 Å². The first-order chi connectivity index (χ1) is 13.7. The molecule has 2 aromatic carbocycles. The van der Waals surface area contributed by atoms with Gasteiger partial charge in [0.2, 0.25) is 5.91 Å². The van der Waals surface area contributed by atoms with E-state index in [0.717, 1.165) is 48.1 Å². The van der Waals surface area contributed by atoms with Crippen LogP contribution in [0.2, 0.25) is 0 Å². The lowest BCUT2D eigenvalue weighted by Gasteiger charge is -2.37. The van der Waals surface area contributed by atoms with E-state index in [1.165, 1.54) is 0 Å². The first kappa shape index (κ1) is 18.7. The van der Waals surface area contributed by atoms with Crippen molar-refractivity contribution in [3.8, 4) is 11.1 Å². The van der Waals surface area contributed by atoms with Gasteiger partial charge in [0.1, 0.15) is 0 Å². The molecule has 28 heavy (non-hydrogen) atoms. The van der Waals surface area contributed by atoms with E-state index in [2.05, 4.69) is 32.2 Å². The zero-order chi connectivity index (χ0) is 19.3. The van der Waals surface area contributed by atoms with E-state index in [1.807, 2.05) is 61.0 Å². The molecule has 1 aromatic heterocycles. The van der Waals surface area contributed by atoms with Gasteiger partial charge >= 0.3 is 0 Å². The molecule has 0 radical (unpaired) electrons. The molecule has 144 valence electrons. The number of hydrogen-bond donors (Lipinski definition) is 1. The minimum atomic E-state index is -0.178. The topological polar surface area (TPSA) is 48.5 Å². The average Bonchev–Trinajstić information content (AvgIpc) is 3.29. The van der Waals surface area contributed by atoms with Crippen molar-refractivity contribution in [2.75, 3.05) is 36.4 Å². The molecule has 1 N–H and O–H groups in total. The van der Waals surface area contributed by atoms with Gasteiger partial charge in [-0.3, -0.25) is 9.69 Å². The summed E-state index contributed by atoms with van der Waals surface area (Å²) in [6.07, 6.45) is 1.84. The quantitative estimate of drug-likeness (QED) is 0.714. The molecule has 0 aliphatic carbocycles. The van der Waals surface area contributed by atoms with Crippen LogP contribution in [0.5, 0.6) is 0 Å². The van der Waals surface area contributed by atoms with Gasteiger partial charge in [-0.15, -0.1) is 11.3 Å². The number of nitrogens with one attached hydrogen (secondary N) is 1. The summed E-state index contributed by atoms with van der Waals surface area (Å²) in [4.78, 5) is 21.8. The van der Waals surface area contributed by atoms with E-state index in [1.54, 1.807) is 11.3 Å². The van der Waals surface area contributed by atoms with Crippen LogP contribution < -0.4 is 10.2 Å². The van der Waals surface area contributed by atoms with Crippen LogP contribution in [0.3, 0.4) is 0 Å². The minimum absolute atomic E-state index is 0.0334. The van der Waals surface area contributed by atoms with Crippen LogP contribution in [-0.2, 0) is 4.79 Å². The Bertz CT molecular complexity index is 905. The third-order valence-electron chi connectivity index (χ3n) is 5.20. The molecular weight excluding hydrogens is 368 g/mol. The molecule has 1 saturated heterocycles. The van der Waals surface area contributed by atoms with Gasteiger partial charge in [-0.05, 0) is 18.6 Å². The van der Waals surface area contributed by atoms with E-state index >= 15 is 0 Å². The smallest absolute Gasteiger partial charge is 0.241 e. The van der Waals surface area contributed by atoms with Gasteiger partial charge in [0.05, 0.1) is 6.04 Å². The van der Waals surface area contributed by atoms with Crippen LogP contribution in [0, 0.1) is 0 Å². The number of rotatable bonds is 5. The van der Waals surface area contributed by atoms with Crippen LogP contribution in [0.1, 0.15) is 6.92 Å². The molecule has 1 atom stereocenters. The average molecular weight is 393 g/mol. The molecule has 0 bridgehead atoms. The number of carbonyl (C=O) groups is 1. The highest BCUT2D eigenvalue weighted by Gasteiger charge is 2.26. The number of carbonyl (C=O) groups excluding carboxylic acids is 1. The summed E-state index contributed by atoms with van der Waals surface area (Å²) in [7, 11) is 0. The molecule has 6 heteroatoms. The van der Waals surface area contributed by atoms with Crippen molar-refractivity contribution in [2.45, 2.75) is 13.0 Å². The Morgan fingerprint density at radius 1 is 1.04 bits per heavy atom. The van der Waals surface area contributed by atoms with Crippen molar-refractivity contribution in [1.29, 1.82) is 0 Å². The van der Waals surface area contributed by atoms with E-state index in [-0.39, 0.29) is 11.9 Å². The maximum atomic E-state index is 12.9. The molecule has 1 unspecified atom stereocenters. The zero-order valence-electron chi connectivity index (χ0n) is 15.9. The zero-order valence-corrected chi connectivity index (χ0v) is 16.7. The molecule has 1 aliphatic rings. The van der Waals surface area contributed by atoms with Gasteiger partial charge < -0.3 is 10.2 Å². The Labute approximate surface area is 169 Å². The Balaban J connectivity index is 1.41. The van der Waals surface area contributed by atoms with Crippen molar-refractivity contribution < 1.29 is 4.79 Å². The van der Waals surface area contributed by atoms with Gasteiger partial charge in [-0.1, -0.05) is 48.5 Å². The SMILES string of the molecule is CC(C(=O)Nc1ccccc1-c1ccccc1)N1CCN(c2nccs2)CC1. The summed E-state index contributed by atoms with van der Waals surface area (Å²) < 4.78 is 0. The highest BCUT2D eigenvalue weighted by Crippen LogP contribution is 2.28. The second kappa shape index (κ2) is 8.54. The number of nitrogens with zero attached hydrogens (tertiary/aromatic N) is 3. The Morgan fingerprint density at radius 2 is 1.75 bits per heavy atom. The monoisotopic (exact) mass is 392 g/mol. The lowest BCUT2D eigenvalue weighted by Crippen LogP contribution is -2.52. The lowest BCUT2D eigenvalue weighted by atomic mass is 10.0. The summed E-state index contributed by atoms with van der Waals surface area (Å²) in [6, 6.07) is 17.9. The number of anilines is 2. The third kappa shape index (κ3) is 4.08. The number of piperazine rings is 1. The van der Waals surface area contributed by atoms with Gasteiger partial charge in [-0.2, -0.15) is 0 Å². The number of aromatic nitrogens is 1. The first-order valence-electron chi connectivity index (χ1n) is 9.56. The highest BCUT2D eigenvalue weighted by molar-refractivity contribution is 7.13. The van der Waals surface area contributed by atoms with E-state index in [4.69, 9.17) is 0 Å². The highest BCUT2D eigenvalue weighted by atomic mass is 32.1. The van der Waals surface area contributed by atoms with Crippen LogP contribution >= 0.6 is 11.3 Å². The van der Waals surface area contributed by atoms with Gasteiger partial charge in [0.15, 0.2) is 5.13 Å². The Morgan fingerprint density at radius 3 is 2.46 bits per heavy atom. The molecule has 5 nitrogen and oxygen atoms in total.